The number of benzene rings is 2. The highest BCUT2D eigenvalue weighted by molar-refractivity contribution is 5.85. The van der Waals surface area contributed by atoms with Crippen molar-refractivity contribution in [3.05, 3.63) is 65.7 Å². The second-order valence-electron chi connectivity index (χ2n) is 4.65. The van der Waals surface area contributed by atoms with Crippen LogP contribution < -0.4 is 5.32 Å². The Balaban J connectivity index is 0.00000147. The number of halogens is 1. The number of para-hydroxylation sites is 1. The highest BCUT2D eigenvalue weighted by Gasteiger charge is 2.27. The second kappa shape index (κ2) is 6.44. The minimum Gasteiger partial charge on any atom is -0.459 e. The van der Waals surface area contributed by atoms with Crippen molar-refractivity contribution in [1.29, 1.82) is 0 Å². The molecule has 1 atom stereocenters. The predicted octanol–water partition coefficient (Wildman–Crippen LogP) is 3.19. The normalized spacial score (nSPS) is 15.7. The van der Waals surface area contributed by atoms with Gasteiger partial charge < -0.3 is 10.1 Å². The molecule has 2 aromatic rings. The SMILES string of the molecule is Cl.O=C(OCc1ccccc1)[C@@H]1Cc2ccccc2N1. The average Bonchev–Trinajstić information content (AvgIpc) is 2.90. The Morgan fingerprint density at radius 2 is 1.80 bits per heavy atom. The molecule has 1 aliphatic rings. The summed E-state index contributed by atoms with van der Waals surface area (Å²) in [6.07, 6.45) is 0.698. The van der Waals surface area contributed by atoms with Gasteiger partial charge in [0, 0.05) is 12.1 Å². The third-order valence-corrected chi connectivity index (χ3v) is 3.28. The molecule has 0 saturated carbocycles. The second-order valence-corrected chi connectivity index (χ2v) is 4.65. The number of anilines is 1. The number of carbonyl (C=O) groups is 1. The van der Waals surface area contributed by atoms with Crippen LogP contribution in [-0.4, -0.2) is 12.0 Å². The van der Waals surface area contributed by atoms with E-state index in [4.69, 9.17) is 4.74 Å². The maximum Gasteiger partial charge on any atom is 0.329 e. The Labute approximate surface area is 124 Å². The summed E-state index contributed by atoms with van der Waals surface area (Å²) in [5.41, 5.74) is 3.21. The summed E-state index contributed by atoms with van der Waals surface area (Å²) in [6, 6.07) is 17.4. The van der Waals surface area contributed by atoms with Crippen LogP contribution in [0, 0.1) is 0 Å². The molecule has 0 saturated heterocycles. The summed E-state index contributed by atoms with van der Waals surface area (Å²) in [4.78, 5) is 12.0. The maximum atomic E-state index is 12.0. The van der Waals surface area contributed by atoms with Gasteiger partial charge in [0.1, 0.15) is 12.6 Å². The lowest BCUT2D eigenvalue weighted by atomic mass is 10.1. The van der Waals surface area contributed by atoms with Crippen molar-refractivity contribution >= 4 is 24.1 Å². The van der Waals surface area contributed by atoms with Gasteiger partial charge in [-0.3, -0.25) is 0 Å². The molecule has 3 nitrogen and oxygen atoms in total. The molecule has 0 unspecified atom stereocenters. The zero-order valence-corrected chi connectivity index (χ0v) is 11.7. The maximum absolute atomic E-state index is 12.0. The number of hydrogen-bond donors (Lipinski definition) is 1. The highest BCUT2D eigenvalue weighted by atomic mass is 35.5. The number of hydrogen-bond acceptors (Lipinski definition) is 3. The quantitative estimate of drug-likeness (QED) is 0.882. The minimum atomic E-state index is -0.263. The van der Waals surface area contributed by atoms with Gasteiger partial charge in [0.25, 0.3) is 0 Å². The molecule has 0 amide bonds. The topological polar surface area (TPSA) is 38.3 Å². The Kier molecular flexibility index (Phi) is 4.64. The van der Waals surface area contributed by atoms with Crippen LogP contribution in [0.2, 0.25) is 0 Å². The molecule has 0 aromatic heterocycles. The van der Waals surface area contributed by atoms with Crippen LogP contribution in [0.15, 0.2) is 54.6 Å². The first-order valence-electron chi connectivity index (χ1n) is 6.38. The zero-order chi connectivity index (χ0) is 13.1. The molecular weight excluding hydrogens is 274 g/mol. The van der Waals surface area contributed by atoms with Gasteiger partial charge in [-0.15, -0.1) is 12.4 Å². The molecule has 0 bridgehead atoms. The fourth-order valence-corrected chi connectivity index (χ4v) is 2.27. The van der Waals surface area contributed by atoms with E-state index in [-0.39, 0.29) is 24.4 Å². The number of fused-ring (bicyclic) bond motifs is 1. The van der Waals surface area contributed by atoms with Crippen molar-refractivity contribution in [3.63, 3.8) is 0 Å². The highest BCUT2D eigenvalue weighted by Crippen LogP contribution is 2.25. The zero-order valence-electron chi connectivity index (χ0n) is 10.9. The lowest BCUT2D eigenvalue weighted by Crippen LogP contribution is -2.28. The Morgan fingerprint density at radius 1 is 1.10 bits per heavy atom. The fourth-order valence-electron chi connectivity index (χ4n) is 2.27. The summed E-state index contributed by atoms with van der Waals surface area (Å²) in [5, 5.41) is 3.20. The van der Waals surface area contributed by atoms with Gasteiger partial charge >= 0.3 is 5.97 Å². The van der Waals surface area contributed by atoms with Crippen LogP contribution in [-0.2, 0) is 22.6 Å². The summed E-state index contributed by atoms with van der Waals surface area (Å²) in [6.45, 7) is 0.328. The molecular formula is C16H16ClNO2. The lowest BCUT2D eigenvalue weighted by molar-refractivity contribution is -0.145. The largest absolute Gasteiger partial charge is 0.459 e. The first kappa shape index (κ1) is 14.4. The van der Waals surface area contributed by atoms with Gasteiger partial charge in [-0.05, 0) is 17.2 Å². The van der Waals surface area contributed by atoms with Crippen LogP contribution >= 0.6 is 12.4 Å². The van der Waals surface area contributed by atoms with Gasteiger partial charge in [0.2, 0.25) is 0 Å². The molecule has 104 valence electrons. The minimum absolute atomic E-state index is 0. The first-order chi connectivity index (χ1) is 9.33. The molecule has 0 fully saturated rings. The van der Waals surface area contributed by atoms with E-state index in [2.05, 4.69) is 5.32 Å². The fraction of sp³-hybridized carbons (Fsp3) is 0.188. The van der Waals surface area contributed by atoms with Crippen molar-refractivity contribution in [2.75, 3.05) is 5.32 Å². The number of carbonyl (C=O) groups excluding carboxylic acids is 1. The molecule has 20 heavy (non-hydrogen) atoms. The molecule has 3 rings (SSSR count). The van der Waals surface area contributed by atoms with Crippen molar-refractivity contribution in [2.45, 2.75) is 19.1 Å². The van der Waals surface area contributed by atoms with Gasteiger partial charge in [-0.1, -0.05) is 48.5 Å². The van der Waals surface area contributed by atoms with E-state index in [1.165, 1.54) is 5.56 Å². The van der Waals surface area contributed by atoms with Crippen LogP contribution in [0.1, 0.15) is 11.1 Å². The molecule has 1 heterocycles. The summed E-state index contributed by atoms with van der Waals surface area (Å²) in [7, 11) is 0. The van der Waals surface area contributed by atoms with Crippen molar-refractivity contribution in [1.82, 2.24) is 0 Å². The summed E-state index contributed by atoms with van der Waals surface area (Å²) in [5.74, 6) is -0.194. The van der Waals surface area contributed by atoms with Crippen LogP contribution in [0.3, 0.4) is 0 Å². The summed E-state index contributed by atoms with van der Waals surface area (Å²) < 4.78 is 5.34. The average molecular weight is 290 g/mol. The monoisotopic (exact) mass is 289 g/mol. The third kappa shape index (κ3) is 3.11. The van der Waals surface area contributed by atoms with Crippen LogP contribution in [0.5, 0.6) is 0 Å². The van der Waals surface area contributed by atoms with Crippen molar-refractivity contribution in [3.8, 4) is 0 Å². The van der Waals surface area contributed by atoms with Gasteiger partial charge in [-0.25, -0.2) is 4.79 Å². The Hall–Kier alpha value is -2.00. The summed E-state index contributed by atoms with van der Waals surface area (Å²) >= 11 is 0. The standard InChI is InChI=1S/C16H15NO2.ClH/c18-16(19-11-12-6-2-1-3-7-12)15-10-13-8-4-5-9-14(13)17-15;/h1-9,15,17H,10-11H2;1H/t15-;/m0./s1. The van der Waals surface area contributed by atoms with Crippen molar-refractivity contribution in [2.24, 2.45) is 0 Å². The first-order valence-corrected chi connectivity index (χ1v) is 6.38. The van der Waals surface area contributed by atoms with E-state index in [9.17, 15) is 4.79 Å². The molecule has 1 aliphatic heterocycles. The number of ether oxygens (including phenoxy) is 1. The lowest BCUT2D eigenvalue weighted by Gasteiger charge is -2.11. The Bertz CT molecular complexity index is 561. The van der Waals surface area contributed by atoms with Crippen LogP contribution in [0.25, 0.3) is 0 Å². The van der Waals surface area contributed by atoms with Gasteiger partial charge in [-0.2, -0.15) is 0 Å². The number of rotatable bonds is 3. The molecule has 4 heteroatoms. The third-order valence-electron chi connectivity index (χ3n) is 3.28. The van der Waals surface area contributed by atoms with Gasteiger partial charge in [0.05, 0.1) is 0 Å². The van der Waals surface area contributed by atoms with Crippen LogP contribution in [0.4, 0.5) is 5.69 Å². The molecule has 1 N–H and O–H groups in total. The molecule has 2 aromatic carbocycles. The van der Waals surface area contributed by atoms with E-state index < -0.39 is 0 Å². The predicted molar refractivity (Wildman–Crippen MR) is 81.0 cm³/mol. The molecule has 0 spiro atoms. The molecule has 0 radical (unpaired) electrons. The van der Waals surface area contributed by atoms with E-state index in [0.717, 1.165) is 11.3 Å². The van der Waals surface area contributed by atoms with E-state index >= 15 is 0 Å². The van der Waals surface area contributed by atoms with E-state index in [1.807, 2.05) is 54.6 Å². The number of nitrogens with one attached hydrogen (secondary N) is 1. The van der Waals surface area contributed by atoms with E-state index in [1.54, 1.807) is 0 Å². The molecule has 0 aliphatic carbocycles. The van der Waals surface area contributed by atoms with E-state index in [0.29, 0.717) is 13.0 Å². The van der Waals surface area contributed by atoms with Crippen molar-refractivity contribution < 1.29 is 9.53 Å². The van der Waals surface area contributed by atoms with Gasteiger partial charge in [0.15, 0.2) is 0 Å². The smallest absolute Gasteiger partial charge is 0.329 e. The number of esters is 1. The Morgan fingerprint density at radius 3 is 2.55 bits per heavy atom.